The molecule has 3 aromatic rings. The monoisotopic (exact) mass is 589 g/mol. The Kier molecular flexibility index (Phi) is 9.45. The van der Waals surface area contributed by atoms with Crippen LogP contribution >= 0.6 is 11.6 Å². The molecule has 11 heteroatoms. The van der Waals surface area contributed by atoms with Gasteiger partial charge in [0.15, 0.2) is 0 Å². The Labute approximate surface area is 235 Å². The maximum absolute atomic E-state index is 13.4. The second kappa shape index (κ2) is 12.6. The fourth-order valence-corrected chi connectivity index (χ4v) is 7.44. The van der Waals surface area contributed by atoms with Crippen LogP contribution in [0.5, 0.6) is 0 Å². The summed E-state index contributed by atoms with van der Waals surface area (Å²) < 4.78 is 55.0. The van der Waals surface area contributed by atoms with Crippen LogP contribution in [0.1, 0.15) is 29.5 Å². The van der Waals surface area contributed by atoms with Crippen molar-refractivity contribution in [3.05, 3.63) is 94.5 Å². The molecular weight excluding hydrogens is 558 g/mol. The Morgan fingerprint density at radius 1 is 0.897 bits per heavy atom. The standard InChI is InChI=1S/C28H32ClN3O5S2/c1-22-6-2-3-7-24(22)20-32(39(36,37)27-14-10-25(29)11-15-27)21-28(33)30-17-16-23-8-12-26(13-9-23)38(34,35)31-18-4-5-19-31/h2-3,6-15H,4-5,16-21H2,1H3,(H,30,33). The van der Waals surface area contributed by atoms with E-state index in [0.717, 1.165) is 33.8 Å². The summed E-state index contributed by atoms with van der Waals surface area (Å²) >= 11 is 5.94. The number of amides is 1. The first kappa shape index (κ1) is 29.2. The van der Waals surface area contributed by atoms with Gasteiger partial charge in [0.05, 0.1) is 16.3 Å². The van der Waals surface area contributed by atoms with Gasteiger partial charge in [-0.25, -0.2) is 16.8 Å². The van der Waals surface area contributed by atoms with Crippen LogP contribution in [0, 0.1) is 6.92 Å². The van der Waals surface area contributed by atoms with E-state index >= 15 is 0 Å². The van der Waals surface area contributed by atoms with Crippen molar-refractivity contribution in [2.75, 3.05) is 26.2 Å². The lowest BCUT2D eigenvalue weighted by Crippen LogP contribution is -2.41. The second-order valence-electron chi connectivity index (χ2n) is 9.51. The smallest absolute Gasteiger partial charge is 0.243 e. The molecule has 0 atom stereocenters. The third-order valence-electron chi connectivity index (χ3n) is 6.74. The number of carbonyl (C=O) groups is 1. The van der Waals surface area contributed by atoms with Gasteiger partial charge < -0.3 is 5.32 Å². The predicted octanol–water partition coefficient (Wildman–Crippen LogP) is 3.98. The van der Waals surface area contributed by atoms with E-state index in [1.54, 1.807) is 24.3 Å². The van der Waals surface area contributed by atoms with E-state index in [2.05, 4.69) is 5.32 Å². The van der Waals surface area contributed by atoms with Crippen molar-refractivity contribution in [1.29, 1.82) is 0 Å². The number of hydrogen-bond acceptors (Lipinski definition) is 5. The molecule has 0 radical (unpaired) electrons. The Balaban J connectivity index is 1.40. The molecule has 0 aromatic heterocycles. The van der Waals surface area contributed by atoms with Gasteiger partial charge in [-0.15, -0.1) is 0 Å². The number of halogens is 1. The Bertz CT molecular complexity index is 1500. The molecule has 1 N–H and O–H groups in total. The lowest BCUT2D eigenvalue weighted by atomic mass is 10.1. The highest BCUT2D eigenvalue weighted by atomic mass is 35.5. The molecule has 1 fully saturated rings. The third-order valence-corrected chi connectivity index (χ3v) is 10.7. The van der Waals surface area contributed by atoms with E-state index in [1.165, 1.54) is 28.6 Å². The normalized spacial score (nSPS) is 14.5. The molecule has 1 heterocycles. The van der Waals surface area contributed by atoms with Crippen LogP contribution in [-0.2, 0) is 37.8 Å². The van der Waals surface area contributed by atoms with Gasteiger partial charge in [-0.3, -0.25) is 4.79 Å². The predicted molar refractivity (Wildman–Crippen MR) is 151 cm³/mol. The quantitative estimate of drug-likeness (QED) is 0.364. The molecule has 208 valence electrons. The summed E-state index contributed by atoms with van der Waals surface area (Å²) in [6, 6.07) is 20.0. The lowest BCUT2D eigenvalue weighted by molar-refractivity contribution is -0.121. The fraction of sp³-hybridized carbons (Fsp3) is 0.321. The van der Waals surface area contributed by atoms with Crippen molar-refractivity contribution in [2.45, 2.75) is 42.5 Å². The van der Waals surface area contributed by atoms with E-state index in [-0.39, 0.29) is 29.4 Å². The van der Waals surface area contributed by atoms with Gasteiger partial charge in [-0.2, -0.15) is 8.61 Å². The summed E-state index contributed by atoms with van der Waals surface area (Å²) in [6.07, 6.45) is 2.22. The van der Waals surface area contributed by atoms with E-state index in [0.29, 0.717) is 24.5 Å². The molecule has 0 aliphatic carbocycles. The molecule has 0 spiro atoms. The largest absolute Gasteiger partial charge is 0.355 e. The molecule has 0 unspecified atom stereocenters. The van der Waals surface area contributed by atoms with Crippen molar-refractivity contribution in [1.82, 2.24) is 13.9 Å². The highest BCUT2D eigenvalue weighted by Crippen LogP contribution is 2.23. The topological polar surface area (TPSA) is 104 Å². The van der Waals surface area contributed by atoms with Crippen molar-refractivity contribution in [3.63, 3.8) is 0 Å². The van der Waals surface area contributed by atoms with Crippen LogP contribution in [-0.4, -0.2) is 57.5 Å². The van der Waals surface area contributed by atoms with E-state index in [9.17, 15) is 21.6 Å². The highest BCUT2D eigenvalue weighted by molar-refractivity contribution is 7.89. The summed E-state index contributed by atoms with van der Waals surface area (Å²) in [7, 11) is -7.46. The summed E-state index contributed by atoms with van der Waals surface area (Å²) in [5.74, 6) is -0.436. The second-order valence-corrected chi connectivity index (χ2v) is 13.8. The van der Waals surface area contributed by atoms with Gasteiger partial charge in [0, 0.05) is 31.2 Å². The first-order valence-electron chi connectivity index (χ1n) is 12.7. The van der Waals surface area contributed by atoms with E-state index in [1.807, 2.05) is 31.2 Å². The van der Waals surface area contributed by atoms with Crippen LogP contribution in [0.15, 0.2) is 82.6 Å². The average Bonchev–Trinajstić information content (AvgIpc) is 3.46. The minimum atomic E-state index is -3.98. The Morgan fingerprint density at radius 2 is 1.51 bits per heavy atom. The molecule has 0 saturated carbocycles. The average molecular weight is 590 g/mol. The number of benzene rings is 3. The van der Waals surface area contributed by atoms with Gasteiger partial charge in [0.2, 0.25) is 26.0 Å². The zero-order valence-electron chi connectivity index (χ0n) is 21.7. The van der Waals surface area contributed by atoms with Gasteiger partial charge in [0.25, 0.3) is 0 Å². The van der Waals surface area contributed by atoms with Crippen LogP contribution in [0.25, 0.3) is 0 Å². The molecule has 4 rings (SSSR count). The summed E-state index contributed by atoms with van der Waals surface area (Å²) in [6.45, 7) is 2.94. The number of rotatable bonds is 11. The number of sulfonamides is 2. The molecule has 1 amide bonds. The molecule has 1 aliphatic heterocycles. The first-order valence-corrected chi connectivity index (χ1v) is 16.0. The highest BCUT2D eigenvalue weighted by Gasteiger charge is 2.28. The fourth-order valence-electron chi connectivity index (χ4n) is 4.43. The van der Waals surface area contributed by atoms with Crippen LogP contribution < -0.4 is 5.32 Å². The number of aryl methyl sites for hydroxylation is 1. The Morgan fingerprint density at radius 3 is 2.15 bits per heavy atom. The lowest BCUT2D eigenvalue weighted by Gasteiger charge is -2.23. The number of nitrogens with one attached hydrogen (secondary N) is 1. The molecular formula is C28H32ClN3O5S2. The number of carbonyl (C=O) groups excluding carboxylic acids is 1. The Hall–Kier alpha value is -2.76. The summed E-state index contributed by atoms with van der Waals surface area (Å²) in [5.41, 5.74) is 2.58. The van der Waals surface area contributed by atoms with Crippen molar-refractivity contribution in [3.8, 4) is 0 Å². The number of hydrogen-bond donors (Lipinski definition) is 1. The summed E-state index contributed by atoms with van der Waals surface area (Å²) in [4.78, 5) is 13.2. The van der Waals surface area contributed by atoms with Crippen LogP contribution in [0.4, 0.5) is 0 Å². The van der Waals surface area contributed by atoms with Gasteiger partial charge >= 0.3 is 0 Å². The van der Waals surface area contributed by atoms with Crippen LogP contribution in [0.3, 0.4) is 0 Å². The molecule has 1 aliphatic rings. The maximum atomic E-state index is 13.4. The molecule has 8 nitrogen and oxygen atoms in total. The molecule has 39 heavy (non-hydrogen) atoms. The van der Waals surface area contributed by atoms with Gasteiger partial charge in [0.1, 0.15) is 0 Å². The number of nitrogens with zero attached hydrogens (tertiary/aromatic N) is 2. The van der Waals surface area contributed by atoms with Crippen molar-refractivity contribution in [2.24, 2.45) is 0 Å². The minimum Gasteiger partial charge on any atom is -0.355 e. The zero-order valence-corrected chi connectivity index (χ0v) is 24.1. The first-order chi connectivity index (χ1) is 18.6. The maximum Gasteiger partial charge on any atom is 0.243 e. The van der Waals surface area contributed by atoms with Gasteiger partial charge in [-0.1, -0.05) is 48.0 Å². The van der Waals surface area contributed by atoms with Crippen molar-refractivity contribution < 1.29 is 21.6 Å². The third kappa shape index (κ3) is 7.26. The molecule has 1 saturated heterocycles. The van der Waals surface area contributed by atoms with Crippen LogP contribution in [0.2, 0.25) is 5.02 Å². The SMILES string of the molecule is Cc1ccccc1CN(CC(=O)NCCc1ccc(S(=O)(=O)N2CCCC2)cc1)S(=O)(=O)c1ccc(Cl)cc1. The van der Waals surface area contributed by atoms with Crippen molar-refractivity contribution >= 4 is 37.6 Å². The summed E-state index contributed by atoms with van der Waals surface area (Å²) in [5, 5.41) is 3.21. The van der Waals surface area contributed by atoms with E-state index in [4.69, 9.17) is 11.6 Å². The zero-order chi connectivity index (χ0) is 28.0. The minimum absolute atomic E-state index is 0.0397. The van der Waals surface area contributed by atoms with Gasteiger partial charge in [-0.05, 0) is 79.3 Å². The van der Waals surface area contributed by atoms with E-state index < -0.39 is 26.0 Å². The molecule has 3 aromatic carbocycles. The molecule has 0 bridgehead atoms.